The molecule has 0 bridgehead atoms. The summed E-state index contributed by atoms with van der Waals surface area (Å²) in [6.07, 6.45) is -12.4. The van der Waals surface area contributed by atoms with Gasteiger partial charge in [-0.05, 0) is 13.0 Å². The molecule has 0 rings (SSSR count). The number of rotatable bonds is 10. The van der Waals surface area contributed by atoms with Gasteiger partial charge >= 0.3 is 21.2 Å². The van der Waals surface area contributed by atoms with Gasteiger partial charge < -0.3 is 14.2 Å². The molecule has 0 heterocycles. The lowest BCUT2D eigenvalue weighted by Gasteiger charge is -2.40. The molecule has 1 N–H and O–H groups in total. The van der Waals surface area contributed by atoms with E-state index in [0.717, 1.165) is 14.2 Å². The highest BCUT2D eigenvalue weighted by Gasteiger charge is 2.74. The maximum atomic E-state index is 13.7. The van der Waals surface area contributed by atoms with Crippen molar-refractivity contribution in [3.63, 3.8) is 0 Å². The molecule has 0 aliphatic rings. The van der Waals surface area contributed by atoms with Gasteiger partial charge in [0.2, 0.25) is 5.41 Å². The lowest BCUT2D eigenvalue weighted by atomic mass is 9.80. The maximum absolute atomic E-state index is 13.7. The van der Waals surface area contributed by atoms with Crippen LogP contribution in [0.2, 0.25) is 6.04 Å². The minimum absolute atomic E-state index is 0.293. The predicted octanol–water partition coefficient (Wildman–Crippen LogP) is 3.59. The van der Waals surface area contributed by atoms with E-state index in [1.54, 1.807) is 5.32 Å². The third-order valence-corrected chi connectivity index (χ3v) is 5.79. The van der Waals surface area contributed by atoms with Crippen molar-refractivity contribution in [1.29, 1.82) is 0 Å². The molecule has 0 fully saturated rings. The first-order valence-corrected chi connectivity index (χ1v) is 8.53. The summed E-state index contributed by atoms with van der Waals surface area (Å²) in [7, 11) is -2.07. The van der Waals surface area contributed by atoms with E-state index in [-0.39, 0.29) is 6.42 Å². The Kier molecular flexibility index (Phi) is 8.52. The van der Waals surface area contributed by atoms with Gasteiger partial charge in [0.1, 0.15) is 13.3 Å². The summed E-state index contributed by atoms with van der Waals surface area (Å²) in [6.45, 7) is -5.61. The summed E-state index contributed by atoms with van der Waals surface area (Å²) in [5.74, 6) is 0. The van der Waals surface area contributed by atoms with E-state index < -0.39 is 58.6 Å². The Morgan fingerprint density at radius 3 is 1.71 bits per heavy atom. The lowest BCUT2D eigenvalue weighted by Crippen LogP contribution is -2.64. The maximum Gasteiger partial charge on any atom is 0.539 e. The van der Waals surface area contributed by atoms with Gasteiger partial charge in [0.25, 0.3) is 0 Å². The zero-order chi connectivity index (χ0) is 19.2. The van der Waals surface area contributed by atoms with Gasteiger partial charge in [-0.15, -0.1) is 0 Å². The van der Waals surface area contributed by atoms with Gasteiger partial charge in [-0.2, -0.15) is 26.3 Å². The normalized spacial score (nSPS) is 15.6. The quantitative estimate of drug-likeness (QED) is 0.266. The highest BCUT2D eigenvalue weighted by atomic mass is 28.4. The molecule has 3 nitrogen and oxygen atoms in total. The zero-order valence-corrected chi connectivity index (χ0v) is 13.8. The van der Waals surface area contributed by atoms with Crippen LogP contribution in [0.3, 0.4) is 0 Å². The van der Waals surface area contributed by atoms with E-state index >= 15 is 0 Å². The lowest BCUT2D eigenvalue weighted by molar-refractivity contribution is -0.354. The van der Waals surface area contributed by atoms with Crippen molar-refractivity contribution in [1.82, 2.24) is 5.32 Å². The molecule has 0 aromatic heterocycles. The van der Waals surface area contributed by atoms with Gasteiger partial charge in [-0.25, -0.2) is 12.9 Å². The van der Waals surface area contributed by atoms with E-state index in [0.29, 0.717) is 0 Å². The average molecular weight is 395 g/mol. The Balaban J connectivity index is 5.14. The SMILES string of the molecule is CO[Si](F)(CCCNC(CF)C(CF)(C(F)(F)F)C(F)(F)F)OC. The number of nitrogens with one attached hydrogen (secondary N) is 1. The molecule has 0 aliphatic heterocycles. The van der Waals surface area contributed by atoms with Crippen molar-refractivity contribution in [3.8, 4) is 0 Å². The molecule has 0 saturated carbocycles. The first kappa shape index (κ1) is 23.5. The molecule has 146 valence electrons. The van der Waals surface area contributed by atoms with Crippen molar-refractivity contribution in [3.05, 3.63) is 0 Å². The monoisotopic (exact) mass is 395 g/mol. The van der Waals surface area contributed by atoms with Crippen LogP contribution in [0.15, 0.2) is 0 Å². The molecule has 1 unspecified atom stereocenters. The number of hydrogen-bond donors (Lipinski definition) is 1. The third-order valence-electron chi connectivity index (χ3n) is 3.62. The summed E-state index contributed by atoms with van der Waals surface area (Å²) >= 11 is 0. The van der Waals surface area contributed by atoms with Crippen LogP contribution < -0.4 is 5.32 Å². The second kappa shape index (κ2) is 8.72. The predicted molar refractivity (Wildman–Crippen MR) is 68.6 cm³/mol. The molecule has 0 saturated heterocycles. The van der Waals surface area contributed by atoms with Gasteiger partial charge in [-0.1, -0.05) is 0 Å². The molecule has 0 amide bonds. The number of hydrogen-bond acceptors (Lipinski definition) is 3. The molecule has 0 spiro atoms. The fourth-order valence-electron chi connectivity index (χ4n) is 2.02. The van der Waals surface area contributed by atoms with Gasteiger partial charge in [0, 0.05) is 20.3 Å². The molecule has 1 atom stereocenters. The largest absolute Gasteiger partial charge is 0.539 e. The number of halogens is 9. The van der Waals surface area contributed by atoms with Crippen molar-refractivity contribution in [2.75, 3.05) is 34.1 Å². The average Bonchev–Trinajstić information content (AvgIpc) is 2.47. The van der Waals surface area contributed by atoms with Crippen molar-refractivity contribution < 1.29 is 48.1 Å². The summed E-state index contributed by atoms with van der Waals surface area (Å²) in [5, 5.41) is 1.68. The van der Waals surface area contributed by atoms with Gasteiger partial charge in [0.05, 0.1) is 6.04 Å². The molecule has 0 aromatic rings. The molecule has 24 heavy (non-hydrogen) atoms. The Morgan fingerprint density at radius 2 is 1.42 bits per heavy atom. The Hall–Kier alpha value is -0.533. The molecular formula is C11H18F9NO2Si. The second-order valence-electron chi connectivity index (χ2n) is 4.93. The van der Waals surface area contributed by atoms with Crippen LogP contribution >= 0.6 is 0 Å². The minimum Gasteiger partial charge on any atom is -0.374 e. The van der Waals surface area contributed by atoms with E-state index in [9.17, 15) is 39.2 Å². The van der Waals surface area contributed by atoms with Gasteiger partial charge in [0.15, 0.2) is 0 Å². The summed E-state index contributed by atoms with van der Waals surface area (Å²) < 4.78 is 125. The molecule has 0 aliphatic carbocycles. The number of alkyl halides is 8. The first-order chi connectivity index (χ1) is 10.8. The highest BCUT2D eigenvalue weighted by Crippen LogP contribution is 2.53. The van der Waals surface area contributed by atoms with E-state index in [4.69, 9.17) is 0 Å². The summed E-state index contributed by atoms with van der Waals surface area (Å²) in [4.78, 5) is 0. The molecule has 0 aromatic carbocycles. The minimum atomic E-state index is -6.07. The molecule has 0 radical (unpaired) electrons. The van der Waals surface area contributed by atoms with Crippen LogP contribution in [0.25, 0.3) is 0 Å². The second-order valence-corrected chi connectivity index (χ2v) is 7.57. The van der Waals surface area contributed by atoms with Crippen LogP contribution in [0, 0.1) is 5.41 Å². The topological polar surface area (TPSA) is 30.5 Å². The van der Waals surface area contributed by atoms with Crippen molar-refractivity contribution in [2.24, 2.45) is 5.41 Å². The van der Waals surface area contributed by atoms with Crippen LogP contribution in [-0.4, -0.2) is 61.4 Å². The standard InChI is InChI=1S/C11H18F9NO2Si/c1-22-24(20,23-2)5-3-4-21-8(6-12)9(7-13,10(14,15)16)11(17,18)19/h8,21H,3-7H2,1-2H3. The van der Waals surface area contributed by atoms with Crippen LogP contribution in [0.4, 0.5) is 39.2 Å². The fraction of sp³-hybridized carbons (Fsp3) is 1.00. The Morgan fingerprint density at radius 1 is 0.958 bits per heavy atom. The smallest absolute Gasteiger partial charge is 0.374 e. The summed E-state index contributed by atoms with van der Waals surface area (Å²) in [6, 6.07) is -3.31. The molecule has 13 heteroatoms. The highest BCUT2D eigenvalue weighted by molar-refractivity contribution is 6.59. The van der Waals surface area contributed by atoms with Crippen LogP contribution in [0.5, 0.6) is 0 Å². The molecular weight excluding hydrogens is 377 g/mol. The van der Waals surface area contributed by atoms with Crippen LogP contribution in [-0.2, 0) is 8.85 Å². The van der Waals surface area contributed by atoms with Crippen LogP contribution in [0.1, 0.15) is 6.42 Å². The van der Waals surface area contributed by atoms with Crippen molar-refractivity contribution in [2.45, 2.75) is 30.9 Å². The van der Waals surface area contributed by atoms with E-state index in [1.165, 1.54) is 0 Å². The zero-order valence-electron chi connectivity index (χ0n) is 12.8. The fourth-order valence-corrected chi connectivity index (χ4v) is 3.20. The Bertz CT molecular complexity index is 359. The van der Waals surface area contributed by atoms with Gasteiger partial charge in [-0.3, -0.25) is 0 Å². The Labute approximate surface area is 133 Å². The first-order valence-electron chi connectivity index (χ1n) is 6.63. The van der Waals surface area contributed by atoms with E-state index in [1.807, 2.05) is 0 Å². The summed E-state index contributed by atoms with van der Waals surface area (Å²) in [5.41, 5.74) is -4.89. The van der Waals surface area contributed by atoms with Crippen molar-refractivity contribution >= 4 is 8.89 Å². The third kappa shape index (κ3) is 4.99. The van der Waals surface area contributed by atoms with E-state index in [2.05, 4.69) is 8.85 Å².